The number of amides is 1. The minimum Gasteiger partial charge on any atom is -0.393 e. The molecule has 74 valence electrons. The molecule has 0 aromatic rings. The van der Waals surface area contributed by atoms with Gasteiger partial charge < -0.3 is 10.4 Å². The molecule has 13 heavy (non-hydrogen) atoms. The fourth-order valence-corrected chi connectivity index (χ4v) is 1.82. The maximum Gasteiger partial charge on any atom is 0.243 e. The molecule has 0 saturated heterocycles. The molecule has 0 radical (unpaired) electrons. The maximum atomic E-state index is 11.0. The lowest BCUT2D eigenvalue weighted by atomic mass is 9.84. The number of aliphatic hydroxyl groups excluding tert-OH is 1. The highest BCUT2D eigenvalue weighted by molar-refractivity contribution is 5.87. The van der Waals surface area contributed by atoms with Crippen molar-refractivity contribution in [2.24, 2.45) is 5.92 Å². The molecule has 1 amide bonds. The molecule has 1 aliphatic rings. The third kappa shape index (κ3) is 2.84. The molecule has 0 spiro atoms. The zero-order chi connectivity index (χ0) is 9.84. The summed E-state index contributed by atoms with van der Waals surface area (Å²) >= 11 is 0. The van der Waals surface area contributed by atoms with E-state index in [4.69, 9.17) is 0 Å². The van der Waals surface area contributed by atoms with Crippen molar-refractivity contribution in [3.63, 3.8) is 0 Å². The van der Waals surface area contributed by atoms with Gasteiger partial charge in [-0.25, -0.2) is 0 Å². The van der Waals surface area contributed by atoms with Gasteiger partial charge in [-0.15, -0.1) is 0 Å². The van der Waals surface area contributed by atoms with Gasteiger partial charge in [-0.2, -0.15) is 0 Å². The normalized spacial score (nSPS) is 33.8. The highest BCUT2D eigenvalue weighted by Crippen LogP contribution is 2.24. The minimum atomic E-state index is -0.188. The Kier molecular flexibility index (Phi) is 3.48. The quantitative estimate of drug-likeness (QED) is 0.623. The molecule has 0 bridgehead atoms. The molecule has 3 heteroatoms. The molecule has 2 N–H and O–H groups in total. The van der Waals surface area contributed by atoms with Crippen molar-refractivity contribution in [2.75, 3.05) is 0 Å². The van der Waals surface area contributed by atoms with Gasteiger partial charge in [0.15, 0.2) is 0 Å². The van der Waals surface area contributed by atoms with Gasteiger partial charge in [-0.1, -0.05) is 13.5 Å². The van der Waals surface area contributed by atoms with E-state index in [1.54, 1.807) is 0 Å². The SMILES string of the molecule is C=CC(=O)NC1CCC(O)CC1C. The van der Waals surface area contributed by atoms with E-state index in [9.17, 15) is 9.90 Å². The molecule has 3 atom stereocenters. The van der Waals surface area contributed by atoms with Crippen LogP contribution < -0.4 is 5.32 Å². The fourth-order valence-electron chi connectivity index (χ4n) is 1.82. The maximum absolute atomic E-state index is 11.0. The van der Waals surface area contributed by atoms with E-state index in [1.165, 1.54) is 6.08 Å². The smallest absolute Gasteiger partial charge is 0.243 e. The van der Waals surface area contributed by atoms with Crippen molar-refractivity contribution in [3.8, 4) is 0 Å². The molecular formula is C10H17NO2. The number of hydrogen-bond donors (Lipinski definition) is 2. The van der Waals surface area contributed by atoms with Crippen LogP contribution in [0.25, 0.3) is 0 Å². The number of rotatable bonds is 2. The van der Waals surface area contributed by atoms with Crippen LogP contribution >= 0.6 is 0 Å². The van der Waals surface area contributed by atoms with E-state index in [1.807, 2.05) is 0 Å². The Hall–Kier alpha value is -0.830. The molecular weight excluding hydrogens is 166 g/mol. The van der Waals surface area contributed by atoms with Crippen LogP contribution in [-0.2, 0) is 4.79 Å². The Morgan fingerprint density at radius 2 is 2.31 bits per heavy atom. The molecule has 1 saturated carbocycles. The molecule has 1 fully saturated rings. The third-order valence-corrected chi connectivity index (χ3v) is 2.65. The van der Waals surface area contributed by atoms with Crippen molar-refractivity contribution < 1.29 is 9.90 Å². The van der Waals surface area contributed by atoms with Gasteiger partial charge in [-0.05, 0) is 31.3 Å². The topological polar surface area (TPSA) is 49.3 Å². The lowest BCUT2D eigenvalue weighted by Gasteiger charge is -2.32. The minimum absolute atomic E-state index is 0.117. The zero-order valence-corrected chi connectivity index (χ0v) is 7.99. The second-order valence-corrected chi connectivity index (χ2v) is 3.76. The van der Waals surface area contributed by atoms with Crippen molar-refractivity contribution in [3.05, 3.63) is 12.7 Å². The molecule has 1 aliphatic carbocycles. The predicted octanol–water partition coefficient (Wildman–Crippen LogP) is 0.838. The van der Waals surface area contributed by atoms with Gasteiger partial charge in [0.05, 0.1) is 6.10 Å². The van der Waals surface area contributed by atoms with E-state index >= 15 is 0 Å². The fraction of sp³-hybridized carbons (Fsp3) is 0.700. The molecule has 3 unspecified atom stereocenters. The largest absolute Gasteiger partial charge is 0.393 e. The van der Waals surface area contributed by atoms with E-state index in [-0.39, 0.29) is 18.1 Å². The third-order valence-electron chi connectivity index (χ3n) is 2.65. The number of carbonyl (C=O) groups is 1. The van der Waals surface area contributed by atoms with E-state index in [0.29, 0.717) is 5.92 Å². The van der Waals surface area contributed by atoms with Crippen LogP contribution in [0, 0.1) is 5.92 Å². The van der Waals surface area contributed by atoms with Crippen LogP contribution in [0.2, 0.25) is 0 Å². The van der Waals surface area contributed by atoms with Crippen LogP contribution in [0.15, 0.2) is 12.7 Å². The van der Waals surface area contributed by atoms with Gasteiger partial charge in [0.1, 0.15) is 0 Å². The number of aliphatic hydroxyl groups is 1. The second-order valence-electron chi connectivity index (χ2n) is 3.76. The summed E-state index contributed by atoms with van der Waals surface area (Å²) in [5, 5.41) is 12.2. The molecule has 0 aromatic carbocycles. The Morgan fingerprint density at radius 1 is 1.62 bits per heavy atom. The van der Waals surface area contributed by atoms with Gasteiger partial charge in [-0.3, -0.25) is 4.79 Å². The molecule has 0 heterocycles. The lowest BCUT2D eigenvalue weighted by molar-refractivity contribution is -0.118. The number of hydrogen-bond acceptors (Lipinski definition) is 2. The molecule has 0 aliphatic heterocycles. The summed E-state index contributed by atoms with van der Waals surface area (Å²) in [5.41, 5.74) is 0. The van der Waals surface area contributed by atoms with Gasteiger partial charge in [0.25, 0.3) is 0 Å². The van der Waals surface area contributed by atoms with Gasteiger partial charge >= 0.3 is 0 Å². The summed E-state index contributed by atoms with van der Waals surface area (Å²) in [6.45, 7) is 5.46. The Balaban J connectivity index is 2.42. The average molecular weight is 183 g/mol. The first-order chi connectivity index (χ1) is 6.13. The average Bonchev–Trinajstić information content (AvgIpc) is 2.09. The van der Waals surface area contributed by atoms with E-state index in [2.05, 4.69) is 18.8 Å². The van der Waals surface area contributed by atoms with Crippen LogP contribution in [0.4, 0.5) is 0 Å². The van der Waals surface area contributed by atoms with Crippen LogP contribution in [0.5, 0.6) is 0 Å². The number of carbonyl (C=O) groups excluding carboxylic acids is 1. The summed E-state index contributed by atoms with van der Waals surface area (Å²) in [6.07, 6.45) is 3.53. The second kappa shape index (κ2) is 4.42. The molecule has 0 aromatic heterocycles. The summed E-state index contributed by atoms with van der Waals surface area (Å²) in [7, 11) is 0. The van der Waals surface area contributed by atoms with Crippen LogP contribution in [0.3, 0.4) is 0 Å². The standard InChI is InChI=1S/C10H17NO2/c1-3-10(13)11-9-5-4-8(12)6-7(9)2/h3,7-9,12H,1,4-6H2,2H3,(H,11,13). The number of nitrogens with one attached hydrogen (secondary N) is 1. The first-order valence-electron chi connectivity index (χ1n) is 4.74. The zero-order valence-electron chi connectivity index (χ0n) is 7.99. The summed E-state index contributed by atoms with van der Waals surface area (Å²) in [6, 6.07) is 0.203. The molecule has 1 rings (SSSR count). The predicted molar refractivity (Wildman–Crippen MR) is 51.1 cm³/mol. The van der Waals surface area contributed by atoms with Crippen molar-refractivity contribution in [2.45, 2.75) is 38.3 Å². The van der Waals surface area contributed by atoms with E-state index in [0.717, 1.165) is 19.3 Å². The van der Waals surface area contributed by atoms with Gasteiger partial charge in [0, 0.05) is 6.04 Å². The highest BCUT2D eigenvalue weighted by atomic mass is 16.3. The highest BCUT2D eigenvalue weighted by Gasteiger charge is 2.26. The van der Waals surface area contributed by atoms with E-state index < -0.39 is 0 Å². The van der Waals surface area contributed by atoms with Crippen molar-refractivity contribution in [1.82, 2.24) is 5.32 Å². The van der Waals surface area contributed by atoms with Crippen molar-refractivity contribution >= 4 is 5.91 Å². The van der Waals surface area contributed by atoms with Crippen molar-refractivity contribution in [1.29, 1.82) is 0 Å². The summed E-state index contributed by atoms with van der Waals surface area (Å²) < 4.78 is 0. The first-order valence-corrected chi connectivity index (χ1v) is 4.74. The van der Waals surface area contributed by atoms with Crippen LogP contribution in [0.1, 0.15) is 26.2 Å². The van der Waals surface area contributed by atoms with Gasteiger partial charge in [0.2, 0.25) is 5.91 Å². The Labute approximate surface area is 78.8 Å². The van der Waals surface area contributed by atoms with Crippen LogP contribution in [-0.4, -0.2) is 23.2 Å². The molecule has 3 nitrogen and oxygen atoms in total. The monoisotopic (exact) mass is 183 g/mol. The lowest BCUT2D eigenvalue weighted by Crippen LogP contribution is -2.43. The summed E-state index contributed by atoms with van der Waals surface area (Å²) in [5.74, 6) is 0.237. The first kappa shape index (κ1) is 10.3. The Bertz CT molecular complexity index is 203. The Morgan fingerprint density at radius 3 is 2.85 bits per heavy atom. The summed E-state index contributed by atoms with van der Waals surface area (Å²) in [4.78, 5) is 11.0.